The zero-order valence-corrected chi connectivity index (χ0v) is 11.0. The van der Waals surface area contributed by atoms with E-state index in [-0.39, 0.29) is 0 Å². The van der Waals surface area contributed by atoms with E-state index in [1.165, 1.54) is 0 Å². The number of hydrogen-bond donors (Lipinski definition) is 1. The van der Waals surface area contributed by atoms with Crippen LogP contribution in [0.3, 0.4) is 0 Å². The maximum absolute atomic E-state index is 13.7. The van der Waals surface area contributed by atoms with Crippen LogP contribution in [0.15, 0.2) is 54.6 Å². The van der Waals surface area contributed by atoms with Crippen molar-refractivity contribution in [1.82, 2.24) is 0 Å². The molecule has 0 aromatic heterocycles. The Hall–Kier alpha value is -2.02. The molecule has 0 spiro atoms. The summed E-state index contributed by atoms with van der Waals surface area (Å²) in [5.74, 6) is -10.8. The second kappa shape index (κ2) is 5.31. The number of rotatable bonds is 4. The average molecular weight is 319 g/mol. The average Bonchev–Trinajstić information content (AvgIpc) is 2.47. The van der Waals surface area contributed by atoms with Gasteiger partial charge in [0.25, 0.3) is 0 Å². The van der Waals surface area contributed by atoms with Crippen LogP contribution in [-0.2, 0) is 5.92 Å². The van der Waals surface area contributed by atoms with Gasteiger partial charge in [-0.05, 0) is 11.1 Å². The molecule has 0 atom stereocenters. The van der Waals surface area contributed by atoms with Crippen molar-refractivity contribution in [2.45, 2.75) is 17.9 Å². The van der Waals surface area contributed by atoms with Gasteiger partial charge in [-0.15, -0.1) is 0 Å². The van der Waals surface area contributed by atoms with Crippen molar-refractivity contribution < 1.29 is 26.3 Å². The number of nitrogens with two attached hydrogens (primary N) is 1. The molecule has 0 radical (unpaired) electrons. The van der Waals surface area contributed by atoms with Gasteiger partial charge >= 0.3 is 17.9 Å². The van der Waals surface area contributed by atoms with Gasteiger partial charge in [0.1, 0.15) is 0 Å². The van der Waals surface area contributed by atoms with Crippen LogP contribution in [-0.4, -0.2) is 12.0 Å². The van der Waals surface area contributed by atoms with Gasteiger partial charge in [-0.25, -0.2) is 0 Å². The molecule has 0 aliphatic carbocycles. The highest BCUT2D eigenvalue weighted by atomic mass is 19.3. The Labute approximate surface area is 122 Å². The Morgan fingerprint density at radius 1 is 0.636 bits per heavy atom. The molecule has 0 saturated carbocycles. The smallest absolute Gasteiger partial charge is 0.267 e. The molecule has 0 unspecified atom stereocenters. The summed E-state index contributed by atoms with van der Waals surface area (Å²) in [7, 11) is 0. The van der Waals surface area contributed by atoms with Crippen LogP contribution in [0.25, 0.3) is 11.1 Å². The van der Waals surface area contributed by atoms with Crippen molar-refractivity contribution in [2.24, 2.45) is 5.73 Å². The van der Waals surface area contributed by atoms with E-state index in [9.17, 15) is 26.3 Å². The summed E-state index contributed by atoms with van der Waals surface area (Å²) in [5.41, 5.74) is 3.82. The quantitative estimate of drug-likeness (QED) is 0.645. The molecule has 2 aromatic rings. The predicted molar refractivity (Wildman–Crippen MR) is 69.9 cm³/mol. The molecular formula is C15H11F6N. The zero-order chi connectivity index (χ0) is 16.6. The number of halogens is 6. The first kappa shape index (κ1) is 16.4. The fourth-order valence-corrected chi connectivity index (χ4v) is 1.89. The maximum atomic E-state index is 13.7. The molecule has 7 heteroatoms. The van der Waals surface area contributed by atoms with E-state index in [4.69, 9.17) is 0 Å². The molecule has 0 amide bonds. The molecular weight excluding hydrogens is 308 g/mol. The van der Waals surface area contributed by atoms with Gasteiger partial charge in [-0.2, -0.15) is 26.3 Å². The molecule has 0 heterocycles. The normalized spacial score (nSPS) is 13.2. The van der Waals surface area contributed by atoms with Crippen molar-refractivity contribution in [1.29, 1.82) is 0 Å². The van der Waals surface area contributed by atoms with Crippen molar-refractivity contribution in [3.8, 4) is 11.1 Å². The van der Waals surface area contributed by atoms with Crippen LogP contribution < -0.4 is 5.73 Å². The van der Waals surface area contributed by atoms with Gasteiger partial charge in [0, 0.05) is 5.56 Å². The van der Waals surface area contributed by atoms with Crippen molar-refractivity contribution >= 4 is 0 Å². The van der Waals surface area contributed by atoms with Gasteiger partial charge in [0.05, 0.1) is 0 Å². The lowest BCUT2D eigenvalue weighted by Gasteiger charge is -2.30. The molecule has 1 nitrogen and oxygen atoms in total. The lowest BCUT2D eigenvalue weighted by Crippen LogP contribution is -2.57. The minimum Gasteiger partial charge on any atom is -0.267 e. The van der Waals surface area contributed by atoms with Crippen molar-refractivity contribution in [3.05, 3.63) is 60.2 Å². The Bertz CT molecular complexity index is 631. The molecule has 2 N–H and O–H groups in total. The summed E-state index contributed by atoms with van der Waals surface area (Å²) < 4.78 is 78.8. The third-order valence-electron chi connectivity index (χ3n) is 3.17. The Kier molecular flexibility index (Phi) is 3.95. The summed E-state index contributed by atoms with van der Waals surface area (Å²) in [6.07, 6.45) is 0. The van der Waals surface area contributed by atoms with Gasteiger partial charge in [0.15, 0.2) is 0 Å². The SMILES string of the molecule is NC(F)(F)C(F)(F)C(F)(F)c1ccc(-c2ccccc2)cc1. The Morgan fingerprint density at radius 3 is 1.55 bits per heavy atom. The molecule has 0 bridgehead atoms. The number of hydrogen-bond acceptors (Lipinski definition) is 1. The molecule has 22 heavy (non-hydrogen) atoms. The van der Waals surface area contributed by atoms with Crippen LogP contribution >= 0.6 is 0 Å². The van der Waals surface area contributed by atoms with E-state index in [0.717, 1.165) is 12.1 Å². The lowest BCUT2D eigenvalue weighted by atomic mass is 9.97. The van der Waals surface area contributed by atoms with Crippen LogP contribution in [0.4, 0.5) is 26.3 Å². The fraction of sp³-hybridized carbons (Fsp3) is 0.200. The van der Waals surface area contributed by atoms with Crippen molar-refractivity contribution in [2.75, 3.05) is 0 Å². The number of benzene rings is 2. The second-order valence-electron chi connectivity index (χ2n) is 4.72. The first-order valence-corrected chi connectivity index (χ1v) is 6.15. The summed E-state index contributed by atoms with van der Waals surface area (Å²) in [5, 5.41) is 0. The Morgan fingerprint density at radius 2 is 1.09 bits per heavy atom. The second-order valence-corrected chi connectivity index (χ2v) is 4.72. The van der Waals surface area contributed by atoms with Gasteiger partial charge < -0.3 is 0 Å². The Balaban J connectivity index is 2.38. The zero-order valence-electron chi connectivity index (χ0n) is 11.0. The van der Waals surface area contributed by atoms with E-state index >= 15 is 0 Å². The van der Waals surface area contributed by atoms with Gasteiger partial charge in [-0.1, -0.05) is 54.6 Å². The van der Waals surface area contributed by atoms with E-state index < -0.39 is 23.5 Å². The van der Waals surface area contributed by atoms with Crippen LogP contribution in [0.2, 0.25) is 0 Å². The number of alkyl halides is 6. The van der Waals surface area contributed by atoms with Crippen LogP contribution in [0.1, 0.15) is 5.56 Å². The topological polar surface area (TPSA) is 26.0 Å². The summed E-state index contributed by atoms with van der Waals surface area (Å²) in [6, 6.07) is 6.88. The van der Waals surface area contributed by atoms with Crippen LogP contribution in [0, 0.1) is 0 Å². The standard InChI is InChI=1S/C15H11F6N/c16-13(17,14(18,19)15(20,21)22)12-8-6-11(7-9-12)10-4-2-1-3-5-10/h1-9H,22H2. The summed E-state index contributed by atoms with van der Waals surface area (Å²) >= 11 is 0. The highest BCUT2D eigenvalue weighted by molar-refractivity contribution is 5.63. The third kappa shape index (κ3) is 2.68. The highest BCUT2D eigenvalue weighted by Crippen LogP contribution is 2.49. The predicted octanol–water partition coefficient (Wildman–Crippen LogP) is 4.63. The molecule has 2 aromatic carbocycles. The summed E-state index contributed by atoms with van der Waals surface area (Å²) in [6.45, 7) is 0. The minimum absolute atomic E-state index is 0.489. The third-order valence-corrected chi connectivity index (χ3v) is 3.17. The van der Waals surface area contributed by atoms with E-state index in [0.29, 0.717) is 23.3 Å². The largest absolute Gasteiger partial charge is 0.390 e. The minimum atomic E-state index is -5.70. The monoisotopic (exact) mass is 319 g/mol. The molecule has 2 rings (SSSR count). The molecule has 0 aliphatic rings. The first-order valence-electron chi connectivity index (χ1n) is 6.15. The highest BCUT2D eigenvalue weighted by Gasteiger charge is 2.70. The van der Waals surface area contributed by atoms with Gasteiger partial charge in [0.2, 0.25) is 0 Å². The fourth-order valence-electron chi connectivity index (χ4n) is 1.89. The summed E-state index contributed by atoms with van der Waals surface area (Å²) in [4.78, 5) is 0. The molecule has 0 saturated heterocycles. The van der Waals surface area contributed by atoms with Crippen molar-refractivity contribution in [3.63, 3.8) is 0 Å². The molecule has 0 aliphatic heterocycles. The molecule has 118 valence electrons. The van der Waals surface area contributed by atoms with Gasteiger partial charge in [-0.3, -0.25) is 5.73 Å². The van der Waals surface area contributed by atoms with E-state index in [1.54, 1.807) is 30.3 Å². The molecule has 0 fully saturated rings. The van der Waals surface area contributed by atoms with E-state index in [2.05, 4.69) is 5.73 Å². The lowest BCUT2D eigenvalue weighted by molar-refractivity contribution is -0.313. The van der Waals surface area contributed by atoms with Crippen LogP contribution in [0.5, 0.6) is 0 Å². The van der Waals surface area contributed by atoms with E-state index in [1.807, 2.05) is 0 Å². The first-order chi connectivity index (χ1) is 10.1. The maximum Gasteiger partial charge on any atom is 0.390 e.